The molecule has 0 aliphatic heterocycles. The van der Waals surface area contributed by atoms with Gasteiger partial charge in [-0.3, -0.25) is 9.69 Å². The highest BCUT2D eigenvalue weighted by molar-refractivity contribution is 5.95. The Bertz CT molecular complexity index is 343. The second-order valence-electron chi connectivity index (χ2n) is 3.98. The van der Waals surface area contributed by atoms with E-state index in [2.05, 4.69) is 0 Å². The van der Waals surface area contributed by atoms with Crippen molar-refractivity contribution in [3.8, 4) is 5.75 Å². The van der Waals surface area contributed by atoms with Crippen LogP contribution in [0.2, 0.25) is 0 Å². The van der Waals surface area contributed by atoms with Gasteiger partial charge in [0.25, 0.3) is 0 Å². The lowest BCUT2D eigenvalue weighted by molar-refractivity contribution is 0.0815. The van der Waals surface area contributed by atoms with Gasteiger partial charge < -0.3 is 4.74 Å². The molecular weight excluding hydrogens is 202 g/mol. The molecule has 0 radical (unpaired) electrons. The SMILES string of the molecule is CCC(=O)c1ccc(OC(C)N(C)C)cc1. The lowest BCUT2D eigenvalue weighted by Crippen LogP contribution is -2.30. The standard InChI is InChI=1S/C13H19NO2/c1-5-13(15)11-6-8-12(9-7-11)16-10(2)14(3)4/h6-10H,5H2,1-4H3. The van der Waals surface area contributed by atoms with E-state index in [1.54, 1.807) is 0 Å². The molecule has 0 spiro atoms. The average Bonchev–Trinajstić information content (AvgIpc) is 2.28. The van der Waals surface area contributed by atoms with Gasteiger partial charge in [0, 0.05) is 12.0 Å². The molecular formula is C13H19NO2. The maximum absolute atomic E-state index is 11.4. The van der Waals surface area contributed by atoms with E-state index in [0.717, 1.165) is 11.3 Å². The van der Waals surface area contributed by atoms with E-state index in [1.165, 1.54) is 0 Å². The summed E-state index contributed by atoms with van der Waals surface area (Å²) in [4.78, 5) is 13.4. The first-order valence-electron chi connectivity index (χ1n) is 5.51. The lowest BCUT2D eigenvalue weighted by Gasteiger charge is -2.21. The van der Waals surface area contributed by atoms with Gasteiger partial charge in [-0.05, 0) is 45.3 Å². The monoisotopic (exact) mass is 221 g/mol. The molecule has 0 amide bonds. The number of rotatable bonds is 5. The summed E-state index contributed by atoms with van der Waals surface area (Å²) in [6, 6.07) is 7.29. The molecule has 3 heteroatoms. The molecule has 0 aliphatic rings. The van der Waals surface area contributed by atoms with Crippen LogP contribution in [0.3, 0.4) is 0 Å². The zero-order valence-electron chi connectivity index (χ0n) is 10.4. The first kappa shape index (κ1) is 12.7. The second kappa shape index (κ2) is 5.66. The van der Waals surface area contributed by atoms with Crippen LogP contribution in [0.1, 0.15) is 30.6 Å². The van der Waals surface area contributed by atoms with Crippen LogP contribution < -0.4 is 4.74 Å². The summed E-state index contributed by atoms with van der Waals surface area (Å²) in [6.07, 6.45) is 0.557. The molecule has 16 heavy (non-hydrogen) atoms. The Morgan fingerprint density at radius 2 is 1.88 bits per heavy atom. The number of benzene rings is 1. The first-order chi connectivity index (χ1) is 7.54. The van der Waals surface area contributed by atoms with Crippen LogP contribution in [-0.4, -0.2) is 31.0 Å². The summed E-state index contributed by atoms with van der Waals surface area (Å²) in [6.45, 7) is 3.84. The molecule has 0 aromatic heterocycles. The van der Waals surface area contributed by atoms with Gasteiger partial charge in [0.15, 0.2) is 5.78 Å². The normalized spacial score (nSPS) is 12.6. The predicted octanol–water partition coefficient (Wildman–Crippen LogP) is 2.57. The highest BCUT2D eigenvalue weighted by Crippen LogP contribution is 2.15. The van der Waals surface area contributed by atoms with Crippen molar-refractivity contribution >= 4 is 5.78 Å². The molecule has 0 aliphatic carbocycles. The number of carbonyl (C=O) groups is 1. The maximum atomic E-state index is 11.4. The fourth-order valence-corrected chi connectivity index (χ4v) is 1.23. The van der Waals surface area contributed by atoms with Gasteiger partial charge in [0.1, 0.15) is 12.0 Å². The fourth-order valence-electron chi connectivity index (χ4n) is 1.23. The minimum absolute atomic E-state index is 0.0210. The molecule has 1 aromatic rings. The van der Waals surface area contributed by atoms with Crippen LogP contribution in [0, 0.1) is 0 Å². The zero-order valence-corrected chi connectivity index (χ0v) is 10.4. The Morgan fingerprint density at radius 1 is 1.31 bits per heavy atom. The molecule has 88 valence electrons. The van der Waals surface area contributed by atoms with Gasteiger partial charge in [-0.2, -0.15) is 0 Å². The van der Waals surface area contributed by atoms with Crippen molar-refractivity contribution in [1.29, 1.82) is 0 Å². The van der Waals surface area contributed by atoms with Crippen molar-refractivity contribution in [2.24, 2.45) is 0 Å². The molecule has 1 rings (SSSR count). The Kier molecular flexibility index (Phi) is 4.50. The van der Waals surface area contributed by atoms with Crippen LogP contribution >= 0.6 is 0 Å². The molecule has 0 saturated heterocycles. The number of ether oxygens (including phenoxy) is 1. The summed E-state index contributed by atoms with van der Waals surface area (Å²) < 4.78 is 5.66. The predicted molar refractivity (Wildman–Crippen MR) is 64.8 cm³/mol. The van der Waals surface area contributed by atoms with Crippen LogP contribution in [-0.2, 0) is 0 Å². The first-order valence-corrected chi connectivity index (χ1v) is 5.51. The third kappa shape index (κ3) is 3.35. The second-order valence-corrected chi connectivity index (χ2v) is 3.98. The van der Waals surface area contributed by atoms with Crippen LogP contribution in [0.25, 0.3) is 0 Å². The summed E-state index contributed by atoms with van der Waals surface area (Å²) in [5, 5.41) is 0. The van der Waals surface area contributed by atoms with Gasteiger partial charge in [0.2, 0.25) is 0 Å². The summed E-state index contributed by atoms with van der Waals surface area (Å²) >= 11 is 0. The largest absolute Gasteiger partial charge is 0.475 e. The van der Waals surface area contributed by atoms with E-state index < -0.39 is 0 Å². The molecule has 0 fully saturated rings. The number of ketones is 1. The van der Waals surface area contributed by atoms with Crippen molar-refractivity contribution < 1.29 is 9.53 Å². The topological polar surface area (TPSA) is 29.5 Å². The molecule has 3 nitrogen and oxygen atoms in total. The Balaban J connectivity index is 2.68. The van der Waals surface area contributed by atoms with Crippen molar-refractivity contribution in [3.05, 3.63) is 29.8 Å². The van der Waals surface area contributed by atoms with Crippen molar-refractivity contribution in [1.82, 2.24) is 4.90 Å². The fraction of sp³-hybridized carbons (Fsp3) is 0.462. The van der Waals surface area contributed by atoms with E-state index in [0.29, 0.717) is 6.42 Å². The maximum Gasteiger partial charge on any atom is 0.162 e. The lowest BCUT2D eigenvalue weighted by atomic mass is 10.1. The van der Waals surface area contributed by atoms with E-state index in [9.17, 15) is 4.79 Å². The number of carbonyl (C=O) groups excluding carboxylic acids is 1. The van der Waals surface area contributed by atoms with E-state index in [4.69, 9.17) is 4.74 Å². The number of Topliss-reactive ketones (excluding diaryl/α,β-unsaturated/α-hetero) is 1. The summed E-state index contributed by atoms with van der Waals surface area (Å²) in [5.74, 6) is 0.945. The van der Waals surface area contributed by atoms with Gasteiger partial charge in [-0.25, -0.2) is 0 Å². The van der Waals surface area contributed by atoms with Crippen molar-refractivity contribution in [3.63, 3.8) is 0 Å². The summed E-state index contributed by atoms with van der Waals surface area (Å²) in [7, 11) is 3.92. The molecule has 0 N–H and O–H groups in total. The third-order valence-electron chi connectivity index (χ3n) is 2.53. The van der Waals surface area contributed by atoms with Crippen molar-refractivity contribution in [2.75, 3.05) is 14.1 Å². The van der Waals surface area contributed by atoms with E-state index >= 15 is 0 Å². The molecule has 0 saturated carbocycles. The minimum atomic E-state index is 0.0210. The molecule has 1 aromatic carbocycles. The number of hydrogen-bond acceptors (Lipinski definition) is 3. The Morgan fingerprint density at radius 3 is 2.31 bits per heavy atom. The van der Waals surface area contributed by atoms with E-state index in [-0.39, 0.29) is 12.0 Å². The third-order valence-corrected chi connectivity index (χ3v) is 2.53. The van der Waals surface area contributed by atoms with Gasteiger partial charge >= 0.3 is 0 Å². The molecule has 0 heterocycles. The van der Waals surface area contributed by atoms with Gasteiger partial charge in [-0.15, -0.1) is 0 Å². The van der Waals surface area contributed by atoms with Gasteiger partial charge in [-0.1, -0.05) is 6.92 Å². The Hall–Kier alpha value is -1.35. The number of hydrogen-bond donors (Lipinski definition) is 0. The van der Waals surface area contributed by atoms with Crippen LogP contribution in [0.15, 0.2) is 24.3 Å². The van der Waals surface area contributed by atoms with Crippen LogP contribution in [0.5, 0.6) is 5.75 Å². The number of nitrogens with zero attached hydrogens (tertiary/aromatic N) is 1. The smallest absolute Gasteiger partial charge is 0.162 e. The van der Waals surface area contributed by atoms with E-state index in [1.807, 2.05) is 57.1 Å². The van der Waals surface area contributed by atoms with Crippen LogP contribution in [0.4, 0.5) is 0 Å². The minimum Gasteiger partial charge on any atom is -0.475 e. The van der Waals surface area contributed by atoms with Crippen molar-refractivity contribution in [2.45, 2.75) is 26.5 Å². The molecule has 0 bridgehead atoms. The Labute approximate surface area is 97.0 Å². The molecule has 1 unspecified atom stereocenters. The average molecular weight is 221 g/mol. The molecule has 1 atom stereocenters. The quantitative estimate of drug-likeness (QED) is 0.565. The highest BCUT2D eigenvalue weighted by Gasteiger charge is 2.07. The summed E-state index contributed by atoms with van der Waals surface area (Å²) in [5.41, 5.74) is 0.743. The highest BCUT2D eigenvalue weighted by atomic mass is 16.5. The zero-order chi connectivity index (χ0) is 12.1. The van der Waals surface area contributed by atoms with Gasteiger partial charge in [0.05, 0.1) is 0 Å².